The summed E-state index contributed by atoms with van der Waals surface area (Å²) in [5.41, 5.74) is 0. The van der Waals surface area contributed by atoms with Gasteiger partial charge < -0.3 is 4.53 Å². The summed E-state index contributed by atoms with van der Waals surface area (Å²) in [5.74, 6) is 0. The third-order valence-electron chi connectivity index (χ3n) is 3.42. The van der Waals surface area contributed by atoms with Crippen molar-refractivity contribution in [2.75, 3.05) is 6.54 Å². The van der Waals surface area contributed by atoms with E-state index in [-0.39, 0.29) is 9.93 Å². The van der Waals surface area contributed by atoms with E-state index in [1.54, 1.807) is 19.2 Å². The lowest BCUT2D eigenvalue weighted by Gasteiger charge is -2.35. The lowest BCUT2D eigenvalue weighted by Crippen LogP contribution is -2.47. The van der Waals surface area contributed by atoms with Crippen LogP contribution >= 0.6 is 0 Å². The van der Waals surface area contributed by atoms with Gasteiger partial charge in [0.1, 0.15) is 4.90 Å². The molecule has 0 aromatic carbocycles. The van der Waals surface area contributed by atoms with Gasteiger partial charge in [0.05, 0.1) is 6.20 Å². The first kappa shape index (κ1) is 16.3. The fourth-order valence-electron chi connectivity index (χ4n) is 1.25. The number of rotatable bonds is 5. The third kappa shape index (κ3) is 3.84. The highest BCUT2D eigenvalue weighted by molar-refractivity contribution is 7.89. The minimum absolute atomic E-state index is 0.0674. The molecular weight excluding hydrogens is 280 g/mol. The Balaban J connectivity index is 2.94. The van der Waals surface area contributed by atoms with Gasteiger partial charge >= 0.3 is 0 Å². The number of hydrogen-bond acceptors (Lipinski definition) is 3. The number of nitrogens with one attached hydrogen (secondary N) is 1. The molecule has 0 saturated carbocycles. The summed E-state index contributed by atoms with van der Waals surface area (Å²) >= 11 is 0. The molecule has 0 bridgehead atoms. The van der Waals surface area contributed by atoms with Crippen molar-refractivity contribution in [3.8, 4) is 0 Å². The molecule has 0 spiro atoms. The molecule has 110 valence electrons. The Bertz CT molecular complexity index is 529. The predicted molar refractivity (Wildman–Crippen MR) is 79.1 cm³/mol. The summed E-state index contributed by atoms with van der Waals surface area (Å²) < 4.78 is 33.6. The molecule has 0 aliphatic carbocycles. The summed E-state index contributed by atoms with van der Waals surface area (Å²) in [6.45, 7) is 12.8. The van der Waals surface area contributed by atoms with Crippen molar-refractivity contribution in [3.63, 3.8) is 0 Å². The molecular formula is C12H24N2O3SSi. The van der Waals surface area contributed by atoms with E-state index in [9.17, 15) is 8.42 Å². The van der Waals surface area contributed by atoms with Crippen molar-refractivity contribution < 1.29 is 12.9 Å². The molecule has 0 fully saturated rings. The highest BCUT2D eigenvalue weighted by atomic mass is 32.2. The molecule has 1 N–H and O–H groups in total. The van der Waals surface area contributed by atoms with E-state index in [4.69, 9.17) is 4.53 Å². The second-order valence-electron chi connectivity index (χ2n) is 6.06. The Morgan fingerprint density at radius 2 is 1.95 bits per heavy atom. The van der Waals surface area contributed by atoms with Crippen LogP contribution in [0, 0.1) is 0 Å². The largest absolute Gasteiger partial charge is 0.470 e. The minimum Gasteiger partial charge on any atom is -0.470 e. The standard InChI is InChI=1S/C12H24N2O3SSi/c1-7-13-18(15,16)11-8-9-14(10-11)17-19(5,6)12(2,3)4/h8-10,13H,7H2,1-6H3. The molecule has 1 rings (SSSR count). The van der Waals surface area contributed by atoms with Gasteiger partial charge in [-0.05, 0) is 24.2 Å². The topological polar surface area (TPSA) is 60.3 Å². The maximum Gasteiger partial charge on any atom is 0.284 e. The summed E-state index contributed by atoms with van der Waals surface area (Å²) in [6.07, 6.45) is 3.16. The molecule has 0 aliphatic heterocycles. The molecule has 0 unspecified atom stereocenters. The first-order valence-electron chi connectivity index (χ1n) is 6.37. The zero-order valence-electron chi connectivity index (χ0n) is 12.5. The molecule has 5 nitrogen and oxygen atoms in total. The monoisotopic (exact) mass is 304 g/mol. The van der Waals surface area contributed by atoms with Crippen molar-refractivity contribution in [3.05, 3.63) is 18.5 Å². The summed E-state index contributed by atoms with van der Waals surface area (Å²) in [7, 11) is -5.38. The van der Waals surface area contributed by atoms with Gasteiger partial charge in [0, 0.05) is 12.7 Å². The van der Waals surface area contributed by atoms with Gasteiger partial charge in [-0.1, -0.05) is 27.7 Å². The van der Waals surface area contributed by atoms with Gasteiger partial charge in [-0.25, -0.2) is 17.9 Å². The normalized spacial score (nSPS) is 13.6. The van der Waals surface area contributed by atoms with E-state index in [0.29, 0.717) is 6.54 Å². The summed E-state index contributed by atoms with van der Waals surface area (Å²) in [4.78, 5) is 0.230. The minimum atomic E-state index is -3.42. The van der Waals surface area contributed by atoms with Crippen molar-refractivity contribution in [2.24, 2.45) is 0 Å². The molecule has 1 aromatic heterocycles. The molecule has 0 saturated heterocycles. The summed E-state index contributed by atoms with van der Waals surface area (Å²) in [5, 5.41) is 0.0674. The van der Waals surface area contributed by atoms with Crippen molar-refractivity contribution in [1.82, 2.24) is 9.45 Å². The average molecular weight is 304 g/mol. The van der Waals surface area contributed by atoms with E-state index in [1.807, 2.05) is 0 Å². The van der Waals surface area contributed by atoms with Gasteiger partial charge in [0.25, 0.3) is 8.32 Å². The van der Waals surface area contributed by atoms with E-state index < -0.39 is 18.3 Å². The van der Waals surface area contributed by atoms with Crippen molar-refractivity contribution in [2.45, 2.75) is 50.7 Å². The molecule has 0 amide bonds. The summed E-state index contributed by atoms with van der Waals surface area (Å²) in [6, 6.07) is 1.55. The van der Waals surface area contributed by atoms with Crippen LogP contribution in [0.1, 0.15) is 27.7 Å². The predicted octanol–water partition coefficient (Wildman–Crippen LogP) is 2.22. The molecule has 1 heterocycles. The van der Waals surface area contributed by atoms with Crippen LogP contribution in [0.2, 0.25) is 18.1 Å². The zero-order valence-corrected chi connectivity index (χ0v) is 14.3. The molecule has 0 aliphatic rings. The van der Waals surface area contributed by atoms with Crippen LogP contribution in [-0.2, 0) is 10.0 Å². The third-order valence-corrected chi connectivity index (χ3v) is 9.24. The Hall–Kier alpha value is -0.793. The molecule has 0 radical (unpaired) electrons. The number of aromatic nitrogens is 1. The zero-order chi connectivity index (χ0) is 14.9. The smallest absolute Gasteiger partial charge is 0.284 e. The maximum atomic E-state index is 11.8. The highest BCUT2D eigenvalue weighted by Gasteiger charge is 2.40. The van der Waals surface area contributed by atoms with Gasteiger partial charge in [-0.2, -0.15) is 0 Å². The van der Waals surface area contributed by atoms with Gasteiger partial charge in [0.2, 0.25) is 10.0 Å². The van der Waals surface area contributed by atoms with Crippen LogP contribution in [0.4, 0.5) is 0 Å². The average Bonchev–Trinajstić information content (AvgIpc) is 2.64. The first-order valence-corrected chi connectivity index (χ1v) is 10.8. The molecule has 0 atom stereocenters. The fraction of sp³-hybridized carbons (Fsp3) is 0.667. The fourth-order valence-corrected chi connectivity index (χ4v) is 3.19. The van der Waals surface area contributed by atoms with Crippen LogP contribution in [-0.4, -0.2) is 28.0 Å². The SMILES string of the molecule is CCNS(=O)(=O)c1ccn(O[Si](C)(C)C(C)(C)C)c1. The highest BCUT2D eigenvalue weighted by Crippen LogP contribution is 2.34. The number of hydrogen-bond donors (Lipinski definition) is 1. The van der Waals surface area contributed by atoms with Crippen LogP contribution in [0.15, 0.2) is 23.4 Å². The van der Waals surface area contributed by atoms with Gasteiger partial charge in [-0.3, -0.25) is 0 Å². The van der Waals surface area contributed by atoms with Crippen LogP contribution in [0.3, 0.4) is 0 Å². The van der Waals surface area contributed by atoms with E-state index >= 15 is 0 Å². The van der Waals surface area contributed by atoms with Gasteiger partial charge in [-0.15, -0.1) is 0 Å². The van der Waals surface area contributed by atoms with Crippen LogP contribution in [0.25, 0.3) is 0 Å². The lowest BCUT2D eigenvalue weighted by molar-refractivity contribution is 0.249. The second-order valence-corrected chi connectivity index (χ2v) is 12.5. The molecule has 7 heteroatoms. The van der Waals surface area contributed by atoms with E-state index in [0.717, 1.165) is 0 Å². The van der Waals surface area contributed by atoms with Crippen molar-refractivity contribution >= 4 is 18.3 Å². The Labute approximate surface area is 117 Å². The quantitative estimate of drug-likeness (QED) is 0.849. The second kappa shape index (κ2) is 5.30. The van der Waals surface area contributed by atoms with E-state index in [1.165, 1.54) is 10.9 Å². The molecule has 19 heavy (non-hydrogen) atoms. The first-order chi connectivity index (χ1) is 8.49. The number of sulfonamides is 1. The molecule has 1 aromatic rings. The number of nitrogens with zero attached hydrogens (tertiary/aromatic N) is 1. The maximum absolute atomic E-state index is 11.8. The Morgan fingerprint density at radius 3 is 2.42 bits per heavy atom. The van der Waals surface area contributed by atoms with Crippen LogP contribution in [0.5, 0.6) is 0 Å². The Kier molecular flexibility index (Phi) is 4.53. The lowest BCUT2D eigenvalue weighted by atomic mass is 10.2. The van der Waals surface area contributed by atoms with Crippen LogP contribution < -0.4 is 9.25 Å². The van der Waals surface area contributed by atoms with Gasteiger partial charge in [0.15, 0.2) is 0 Å². The Morgan fingerprint density at radius 1 is 1.37 bits per heavy atom. The van der Waals surface area contributed by atoms with E-state index in [2.05, 4.69) is 38.6 Å². The van der Waals surface area contributed by atoms with Crippen molar-refractivity contribution in [1.29, 1.82) is 0 Å².